The maximum atomic E-state index is 12.6. The van der Waals surface area contributed by atoms with E-state index < -0.39 is 10.8 Å². The third kappa shape index (κ3) is 3.85. The van der Waals surface area contributed by atoms with Gasteiger partial charge in [0, 0.05) is 16.1 Å². The summed E-state index contributed by atoms with van der Waals surface area (Å²) in [5.41, 5.74) is 9.60. The van der Waals surface area contributed by atoms with Gasteiger partial charge in [0.05, 0.1) is 23.2 Å². The van der Waals surface area contributed by atoms with E-state index in [9.17, 15) is 4.21 Å². The van der Waals surface area contributed by atoms with Crippen molar-refractivity contribution in [1.82, 2.24) is 0 Å². The molecule has 21 heavy (non-hydrogen) atoms. The fraction of sp³-hybridized carbons (Fsp3) is 0.294. The van der Waals surface area contributed by atoms with Crippen molar-refractivity contribution in [1.29, 1.82) is 0 Å². The predicted molar refractivity (Wildman–Crippen MR) is 88.1 cm³/mol. The zero-order chi connectivity index (χ0) is 15.4. The van der Waals surface area contributed by atoms with Gasteiger partial charge in [-0.3, -0.25) is 4.21 Å². The molecule has 0 fully saturated rings. The van der Waals surface area contributed by atoms with Crippen LogP contribution in [0.1, 0.15) is 23.6 Å². The lowest BCUT2D eigenvalue weighted by atomic mass is 10.2. The molecule has 0 spiro atoms. The van der Waals surface area contributed by atoms with Gasteiger partial charge in [-0.05, 0) is 50.6 Å². The smallest absolute Gasteiger partial charge is 0.123 e. The van der Waals surface area contributed by atoms with Gasteiger partial charge < -0.3 is 10.5 Å². The largest absolute Gasteiger partial charge is 0.494 e. The lowest BCUT2D eigenvalue weighted by Gasteiger charge is -2.12. The molecule has 0 saturated heterocycles. The Morgan fingerprint density at radius 3 is 2.57 bits per heavy atom. The fourth-order valence-corrected chi connectivity index (χ4v) is 3.58. The number of benzene rings is 2. The zero-order valence-electron chi connectivity index (χ0n) is 12.7. The predicted octanol–water partition coefficient (Wildman–Crippen LogP) is 3.59. The highest BCUT2D eigenvalue weighted by molar-refractivity contribution is 7.84. The van der Waals surface area contributed by atoms with Crippen LogP contribution >= 0.6 is 0 Å². The molecule has 112 valence electrons. The number of anilines is 1. The number of nitrogen functional groups attached to an aromatic ring is 1. The molecule has 4 heteroatoms. The lowest BCUT2D eigenvalue weighted by Crippen LogP contribution is -2.03. The van der Waals surface area contributed by atoms with Crippen molar-refractivity contribution in [2.45, 2.75) is 31.4 Å². The van der Waals surface area contributed by atoms with Crippen molar-refractivity contribution in [2.24, 2.45) is 0 Å². The molecule has 0 saturated carbocycles. The Morgan fingerprint density at radius 1 is 1.14 bits per heavy atom. The Bertz CT molecular complexity index is 668. The molecule has 0 bridgehead atoms. The van der Waals surface area contributed by atoms with Crippen LogP contribution in [0.2, 0.25) is 0 Å². The Kier molecular flexibility index (Phi) is 5.02. The zero-order valence-corrected chi connectivity index (χ0v) is 13.5. The third-order valence-corrected chi connectivity index (χ3v) is 4.77. The standard InChI is InChI=1S/C17H21NO2S/c1-4-20-16-7-6-15(18)10-14(16)11-21(19)17-8-5-12(2)9-13(17)3/h5-10H,4,11,18H2,1-3H3. The average Bonchev–Trinajstić information content (AvgIpc) is 2.41. The van der Waals surface area contributed by atoms with Crippen LogP contribution in [0.3, 0.4) is 0 Å². The molecule has 2 N–H and O–H groups in total. The molecule has 2 aromatic carbocycles. The van der Waals surface area contributed by atoms with Crippen LogP contribution in [-0.2, 0) is 16.6 Å². The summed E-state index contributed by atoms with van der Waals surface area (Å²) in [6.07, 6.45) is 0. The van der Waals surface area contributed by atoms with Gasteiger partial charge in [0.2, 0.25) is 0 Å². The summed E-state index contributed by atoms with van der Waals surface area (Å²) in [4.78, 5) is 0.866. The van der Waals surface area contributed by atoms with Crippen molar-refractivity contribution < 1.29 is 8.95 Å². The molecule has 0 amide bonds. The van der Waals surface area contributed by atoms with E-state index in [0.717, 1.165) is 21.8 Å². The molecular formula is C17H21NO2S. The second-order valence-electron chi connectivity index (χ2n) is 5.06. The van der Waals surface area contributed by atoms with E-state index in [2.05, 4.69) is 6.07 Å². The van der Waals surface area contributed by atoms with E-state index in [1.54, 1.807) is 6.07 Å². The molecule has 2 rings (SSSR count). The first-order valence-corrected chi connectivity index (χ1v) is 8.30. The minimum Gasteiger partial charge on any atom is -0.494 e. The molecule has 0 aliphatic rings. The number of rotatable bonds is 5. The van der Waals surface area contributed by atoms with Crippen LogP contribution in [0.15, 0.2) is 41.3 Å². The molecule has 1 unspecified atom stereocenters. The normalized spacial score (nSPS) is 12.1. The first-order valence-electron chi connectivity index (χ1n) is 6.98. The van der Waals surface area contributed by atoms with Crippen LogP contribution in [0.25, 0.3) is 0 Å². The van der Waals surface area contributed by atoms with Crippen molar-refractivity contribution >= 4 is 16.5 Å². The fourth-order valence-electron chi connectivity index (χ4n) is 2.28. The van der Waals surface area contributed by atoms with Crippen LogP contribution in [-0.4, -0.2) is 10.8 Å². The van der Waals surface area contributed by atoms with Gasteiger partial charge in [-0.1, -0.05) is 17.7 Å². The maximum Gasteiger partial charge on any atom is 0.123 e. The number of ether oxygens (including phenoxy) is 1. The number of hydrogen-bond acceptors (Lipinski definition) is 3. The summed E-state index contributed by atoms with van der Waals surface area (Å²) in [5.74, 6) is 1.16. The van der Waals surface area contributed by atoms with Crippen LogP contribution in [0, 0.1) is 13.8 Å². The highest BCUT2D eigenvalue weighted by Crippen LogP contribution is 2.26. The second-order valence-corrected chi connectivity index (χ2v) is 6.48. The highest BCUT2D eigenvalue weighted by Gasteiger charge is 2.12. The summed E-state index contributed by atoms with van der Waals surface area (Å²) in [6.45, 7) is 6.53. The van der Waals surface area contributed by atoms with Gasteiger partial charge >= 0.3 is 0 Å². The lowest BCUT2D eigenvalue weighted by molar-refractivity contribution is 0.337. The summed E-state index contributed by atoms with van der Waals surface area (Å²) in [7, 11) is -1.11. The van der Waals surface area contributed by atoms with E-state index in [1.165, 1.54) is 5.56 Å². The van der Waals surface area contributed by atoms with E-state index in [4.69, 9.17) is 10.5 Å². The van der Waals surface area contributed by atoms with E-state index in [0.29, 0.717) is 18.0 Å². The Morgan fingerprint density at radius 2 is 1.90 bits per heavy atom. The van der Waals surface area contributed by atoms with Gasteiger partial charge in [-0.2, -0.15) is 0 Å². The van der Waals surface area contributed by atoms with Crippen molar-refractivity contribution in [3.63, 3.8) is 0 Å². The molecule has 0 aliphatic heterocycles. The number of nitrogens with two attached hydrogens (primary N) is 1. The molecule has 1 atom stereocenters. The molecule has 2 aromatic rings. The first kappa shape index (κ1) is 15.6. The van der Waals surface area contributed by atoms with Gasteiger partial charge in [0.25, 0.3) is 0 Å². The van der Waals surface area contributed by atoms with Crippen LogP contribution < -0.4 is 10.5 Å². The second kappa shape index (κ2) is 6.76. The number of hydrogen-bond donors (Lipinski definition) is 1. The topological polar surface area (TPSA) is 52.3 Å². The summed E-state index contributed by atoms with van der Waals surface area (Å²) in [5, 5.41) is 0. The van der Waals surface area contributed by atoms with Crippen molar-refractivity contribution in [2.75, 3.05) is 12.3 Å². The molecule has 0 aromatic heterocycles. The maximum absolute atomic E-state index is 12.6. The minimum absolute atomic E-state index is 0.407. The summed E-state index contributed by atoms with van der Waals surface area (Å²) >= 11 is 0. The molecule has 0 aliphatic carbocycles. The molecule has 0 radical (unpaired) electrons. The Labute approximate surface area is 128 Å². The van der Waals surface area contributed by atoms with E-state index in [1.807, 2.05) is 45.0 Å². The van der Waals surface area contributed by atoms with Gasteiger partial charge in [0.1, 0.15) is 5.75 Å². The van der Waals surface area contributed by atoms with Gasteiger partial charge in [0.15, 0.2) is 0 Å². The van der Waals surface area contributed by atoms with Crippen molar-refractivity contribution in [3.05, 3.63) is 53.1 Å². The molecule has 0 heterocycles. The monoisotopic (exact) mass is 303 g/mol. The molecule has 3 nitrogen and oxygen atoms in total. The molecular weight excluding hydrogens is 282 g/mol. The average molecular weight is 303 g/mol. The SMILES string of the molecule is CCOc1ccc(N)cc1CS(=O)c1ccc(C)cc1C. The van der Waals surface area contributed by atoms with Gasteiger partial charge in [-0.15, -0.1) is 0 Å². The summed E-state index contributed by atoms with van der Waals surface area (Å²) in [6, 6.07) is 11.5. The van der Waals surface area contributed by atoms with E-state index in [-0.39, 0.29) is 0 Å². The quantitative estimate of drug-likeness (QED) is 0.859. The third-order valence-electron chi connectivity index (χ3n) is 3.25. The van der Waals surface area contributed by atoms with E-state index >= 15 is 0 Å². The van der Waals surface area contributed by atoms with Gasteiger partial charge in [-0.25, -0.2) is 0 Å². The van der Waals surface area contributed by atoms with Crippen LogP contribution in [0.4, 0.5) is 5.69 Å². The van der Waals surface area contributed by atoms with Crippen molar-refractivity contribution in [3.8, 4) is 5.75 Å². The Hall–Kier alpha value is -1.81. The minimum atomic E-state index is -1.11. The first-order chi connectivity index (χ1) is 10.0. The van der Waals surface area contributed by atoms with Crippen LogP contribution in [0.5, 0.6) is 5.75 Å². The highest BCUT2D eigenvalue weighted by atomic mass is 32.2. The Balaban J connectivity index is 2.28. The number of aryl methyl sites for hydroxylation is 2. The summed E-state index contributed by atoms with van der Waals surface area (Å²) < 4.78 is 18.2.